The minimum atomic E-state index is -4.32. The van der Waals surface area contributed by atoms with Crippen LogP contribution in [-0.4, -0.2) is 19.5 Å². The van der Waals surface area contributed by atoms with E-state index in [0.717, 1.165) is 12.1 Å². The van der Waals surface area contributed by atoms with Crippen LogP contribution >= 0.6 is 15.9 Å². The van der Waals surface area contributed by atoms with Crippen LogP contribution in [0.4, 0.5) is 14.5 Å². The van der Waals surface area contributed by atoms with Crippen molar-refractivity contribution in [2.45, 2.75) is 11.8 Å². The molecule has 0 radical (unpaired) electrons. The lowest BCUT2D eigenvalue weighted by Gasteiger charge is -2.12. The third kappa shape index (κ3) is 3.67. The number of carboxylic acid groups (broad SMARTS) is 1. The predicted molar refractivity (Wildman–Crippen MR) is 83.0 cm³/mol. The minimum Gasteiger partial charge on any atom is -0.478 e. The largest absolute Gasteiger partial charge is 0.478 e. The third-order valence-electron chi connectivity index (χ3n) is 2.91. The lowest BCUT2D eigenvalue weighted by Crippen LogP contribution is -2.16. The number of aromatic carboxylic acids is 1. The number of nitrogens with one attached hydrogen (secondary N) is 1. The number of hydrogen-bond donors (Lipinski definition) is 2. The van der Waals surface area contributed by atoms with Crippen molar-refractivity contribution in [1.29, 1.82) is 0 Å². The number of benzene rings is 2. The number of carbonyl (C=O) groups is 1. The van der Waals surface area contributed by atoms with Gasteiger partial charge in [-0.05, 0) is 52.7 Å². The summed E-state index contributed by atoms with van der Waals surface area (Å²) in [7, 11) is -4.32. The Hall–Kier alpha value is -2.00. The van der Waals surface area contributed by atoms with Crippen LogP contribution in [0.3, 0.4) is 0 Å². The molecule has 0 aliphatic rings. The second-order valence-corrected chi connectivity index (χ2v) is 7.16. The van der Waals surface area contributed by atoms with E-state index in [1.54, 1.807) is 6.92 Å². The van der Waals surface area contributed by atoms with Gasteiger partial charge in [0.25, 0.3) is 10.0 Å². The van der Waals surface area contributed by atoms with Crippen LogP contribution in [-0.2, 0) is 10.0 Å². The molecule has 0 aliphatic carbocycles. The highest BCUT2D eigenvalue weighted by atomic mass is 79.9. The van der Waals surface area contributed by atoms with Crippen molar-refractivity contribution < 1.29 is 27.1 Å². The van der Waals surface area contributed by atoms with Gasteiger partial charge in [-0.25, -0.2) is 22.0 Å². The molecule has 2 N–H and O–H groups in total. The standard InChI is InChI=1S/C14H10BrF2NO4S/c1-7-2-3-12(11(17)4-7)18-23(21,22)13-5-8(14(19)20)10(16)6-9(13)15/h2-6,18H,1H3,(H,19,20). The molecule has 122 valence electrons. The summed E-state index contributed by atoms with van der Waals surface area (Å²) in [4.78, 5) is 10.4. The summed E-state index contributed by atoms with van der Waals surface area (Å²) in [5.74, 6) is -3.50. The fourth-order valence-electron chi connectivity index (χ4n) is 1.80. The molecule has 5 nitrogen and oxygen atoms in total. The van der Waals surface area contributed by atoms with Gasteiger partial charge in [-0.15, -0.1) is 0 Å². The first-order valence-electron chi connectivity index (χ1n) is 6.13. The van der Waals surface area contributed by atoms with Crippen molar-refractivity contribution in [3.05, 3.63) is 57.6 Å². The Bertz CT molecular complexity index is 900. The van der Waals surface area contributed by atoms with Crippen LogP contribution in [0, 0.1) is 18.6 Å². The van der Waals surface area contributed by atoms with Gasteiger partial charge in [0.05, 0.1) is 11.3 Å². The van der Waals surface area contributed by atoms with Gasteiger partial charge in [0.15, 0.2) is 0 Å². The first-order chi connectivity index (χ1) is 10.6. The maximum Gasteiger partial charge on any atom is 0.338 e. The third-order valence-corrected chi connectivity index (χ3v) is 5.23. The average Bonchev–Trinajstić information content (AvgIpc) is 2.41. The van der Waals surface area contributed by atoms with E-state index in [4.69, 9.17) is 5.11 Å². The van der Waals surface area contributed by atoms with Crippen molar-refractivity contribution in [2.24, 2.45) is 0 Å². The number of sulfonamides is 1. The molecule has 2 aromatic carbocycles. The van der Waals surface area contributed by atoms with E-state index in [1.165, 1.54) is 12.1 Å². The highest BCUT2D eigenvalue weighted by molar-refractivity contribution is 9.10. The number of aryl methyl sites for hydroxylation is 1. The Labute approximate surface area is 139 Å². The molecule has 0 fully saturated rings. The molecule has 0 heterocycles. The van der Waals surface area contributed by atoms with Crippen molar-refractivity contribution in [2.75, 3.05) is 4.72 Å². The van der Waals surface area contributed by atoms with Crippen LogP contribution in [0.25, 0.3) is 0 Å². The molecule has 0 aromatic heterocycles. The molecule has 0 saturated carbocycles. The maximum atomic E-state index is 13.8. The van der Waals surface area contributed by atoms with Gasteiger partial charge in [0.2, 0.25) is 0 Å². The monoisotopic (exact) mass is 405 g/mol. The summed E-state index contributed by atoms with van der Waals surface area (Å²) in [6, 6.07) is 5.26. The molecule has 0 bridgehead atoms. The Morgan fingerprint density at radius 1 is 1.17 bits per heavy atom. The van der Waals surface area contributed by atoms with Crippen molar-refractivity contribution >= 4 is 37.6 Å². The lowest BCUT2D eigenvalue weighted by atomic mass is 10.2. The molecular weight excluding hydrogens is 396 g/mol. The SMILES string of the molecule is Cc1ccc(NS(=O)(=O)c2cc(C(=O)O)c(F)cc2Br)c(F)c1. The van der Waals surface area contributed by atoms with Gasteiger partial charge in [-0.2, -0.15) is 0 Å². The smallest absolute Gasteiger partial charge is 0.338 e. The highest BCUT2D eigenvalue weighted by Crippen LogP contribution is 2.28. The number of carboxylic acids is 1. The Morgan fingerprint density at radius 2 is 1.83 bits per heavy atom. The van der Waals surface area contributed by atoms with Crippen molar-refractivity contribution in [1.82, 2.24) is 0 Å². The van der Waals surface area contributed by atoms with Crippen LogP contribution in [0.5, 0.6) is 0 Å². The molecule has 2 aromatic rings. The zero-order chi connectivity index (χ0) is 17.4. The second-order valence-electron chi connectivity index (χ2n) is 4.66. The molecule has 0 unspecified atom stereocenters. The predicted octanol–water partition coefficient (Wildman–Crippen LogP) is 3.53. The number of hydrogen-bond acceptors (Lipinski definition) is 3. The van der Waals surface area contributed by atoms with Crippen molar-refractivity contribution in [3.63, 3.8) is 0 Å². The fraction of sp³-hybridized carbons (Fsp3) is 0.0714. The first-order valence-corrected chi connectivity index (χ1v) is 8.41. The zero-order valence-corrected chi connectivity index (χ0v) is 14.0. The highest BCUT2D eigenvalue weighted by Gasteiger charge is 2.23. The Kier molecular flexibility index (Phi) is 4.71. The summed E-state index contributed by atoms with van der Waals surface area (Å²) < 4.78 is 53.8. The minimum absolute atomic E-state index is 0.181. The Morgan fingerprint density at radius 3 is 2.39 bits per heavy atom. The first kappa shape index (κ1) is 17.4. The summed E-state index contributed by atoms with van der Waals surface area (Å²) in [5, 5.41) is 8.88. The summed E-state index contributed by atoms with van der Waals surface area (Å²) in [5.41, 5.74) is -0.511. The van der Waals surface area contributed by atoms with Gasteiger partial charge in [-0.3, -0.25) is 4.72 Å². The molecule has 9 heteroatoms. The van der Waals surface area contributed by atoms with E-state index >= 15 is 0 Å². The quantitative estimate of drug-likeness (QED) is 0.814. The van der Waals surface area contributed by atoms with E-state index in [-0.39, 0.29) is 10.2 Å². The summed E-state index contributed by atoms with van der Waals surface area (Å²) in [6.45, 7) is 1.64. The fourth-order valence-corrected chi connectivity index (χ4v) is 3.91. The van der Waals surface area contributed by atoms with E-state index in [1.807, 2.05) is 4.72 Å². The van der Waals surface area contributed by atoms with Crippen LogP contribution in [0.15, 0.2) is 39.7 Å². The van der Waals surface area contributed by atoms with Crippen molar-refractivity contribution in [3.8, 4) is 0 Å². The lowest BCUT2D eigenvalue weighted by molar-refractivity contribution is 0.0691. The summed E-state index contributed by atoms with van der Waals surface area (Å²) >= 11 is 2.86. The van der Waals surface area contributed by atoms with Gasteiger partial charge >= 0.3 is 5.97 Å². The molecular formula is C14H10BrF2NO4S. The van der Waals surface area contributed by atoms with Gasteiger partial charge in [0.1, 0.15) is 16.5 Å². The molecule has 0 amide bonds. The summed E-state index contributed by atoms with van der Waals surface area (Å²) in [6.07, 6.45) is 0. The second kappa shape index (κ2) is 6.25. The van der Waals surface area contributed by atoms with Crippen LogP contribution in [0.1, 0.15) is 15.9 Å². The van der Waals surface area contributed by atoms with E-state index < -0.39 is 38.1 Å². The molecule has 0 spiro atoms. The van der Waals surface area contributed by atoms with Gasteiger partial charge in [-0.1, -0.05) is 6.07 Å². The van der Waals surface area contributed by atoms with E-state index in [0.29, 0.717) is 11.6 Å². The average molecular weight is 406 g/mol. The van der Waals surface area contributed by atoms with E-state index in [2.05, 4.69) is 15.9 Å². The number of halogens is 3. The number of rotatable bonds is 4. The normalized spacial score (nSPS) is 11.3. The van der Waals surface area contributed by atoms with Gasteiger partial charge in [0, 0.05) is 4.47 Å². The maximum absolute atomic E-state index is 13.8. The molecule has 0 atom stereocenters. The zero-order valence-electron chi connectivity index (χ0n) is 11.6. The topological polar surface area (TPSA) is 83.5 Å². The molecule has 0 aliphatic heterocycles. The van der Waals surface area contributed by atoms with E-state index in [9.17, 15) is 22.0 Å². The number of anilines is 1. The van der Waals surface area contributed by atoms with Crippen LogP contribution < -0.4 is 4.72 Å². The van der Waals surface area contributed by atoms with Crippen LogP contribution in [0.2, 0.25) is 0 Å². The van der Waals surface area contributed by atoms with Gasteiger partial charge < -0.3 is 5.11 Å². The molecule has 23 heavy (non-hydrogen) atoms. The Balaban J connectivity index is 2.51. The molecule has 2 rings (SSSR count). The molecule has 0 saturated heterocycles.